The number of methoxy groups -OCH3 is 1. The van der Waals surface area contributed by atoms with Crippen LogP contribution in [0, 0.1) is 5.82 Å². The Morgan fingerprint density at radius 1 is 1.59 bits per heavy atom. The quantitative estimate of drug-likeness (QED) is 0.781. The largest absolute Gasteiger partial charge is 0.504 e. The molecule has 1 aromatic carbocycles. The summed E-state index contributed by atoms with van der Waals surface area (Å²) in [6, 6.07) is 2.63. The van der Waals surface area contributed by atoms with Crippen LogP contribution in [0.1, 0.15) is 28.8 Å². The summed E-state index contributed by atoms with van der Waals surface area (Å²) >= 11 is 0. The van der Waals surface area contributed by atoms with Crippen molar-refractivity contribution in [3.63, 3.8) is 0 Å². The Morgan fingerprint density at radius 3 is 2.76 bits per heavy atom. The SMILES string of the molecule is COC(=O)c1cc(CC2(N)CC2)cc(F)c1O. The highest BCUT2D eigenvalue weighted by Crippen LogP contribution is 2.36. The van der Waals surface area contributed by atoms with Gasteiger partial charge in [-0.05, 0) is 37.0 Å². The van der Waals surface area contributed by atoms with Gasteiger partial charge in [0.1, 0.15) is 5.56 Å². The molecule has 1 saturated carbocycles. The topological polar surface area (TPSA) is 72.5 Å². The highest BCUT2D eigenvalue weighted by Gasteiger charge is 2.38. The van der Waals surface area contributed by atoms with E-state index in [1.807, 2.05) is 0 Å². The summed E-state index contributed by atoms with van der Waals surface area (Å²) in [4.78, 5) is 11.3. The molecule has 0 atom stereocenters. The molecule has 0 radical (unpaired) electrons. The number of esters is 1. The van der Waals surface area contributed by atoms with Gasteiger partial charge in [0, 0.05) is 5.54 Å². The summed E-state index contributed by atoms with van der Waals surface area (Å²) in [5.74, 6) is -2.26. The first-order valence-electron chi connectivity index (χ1n) is 5.34. The summed E-state index contributed by atoms with van der Waals surface area (Å²) in [6.07, 6.45) is 2.28. The van der Waals surface area contributed by atoms with Crippen molar-refractivity contribution in [2.75, 3.05) is 7.11 Å². The summed E-state index contributed by atoms with van der Waals surface area (Å²) in [6.45, 7) is 0. The van der Waals surface area contributed by atoms with E-state index in [9.17, 15) is 14.3 Å². The number of nitrogens with two attached hydrogens (primary N) is 1. The molecule has 0 bridgehead atoms. The zero-order valence-corrected chi connectivity index (χ0v) is 9.50. The third kappa shape index (κ3) is 2.39. The predicted octanol–water partition coefficient (Wildman–Crippen LogP) is 1.35. The lowest BCUT2D eigenvalue weighted by Gasteiger charge is -2.11. The van der Waals surface area contributed by atoms with Gasteiger partial charge in [0.05, 0.1) is 7.11 Å². The van der Waals surface area contributed by atoms with Crippen LogP contribution in [-0.2, 0) is 11.2 Å². The Bertz CT molecular complexity index is 469. The fraction of sp³-hybridized carbons (Fsp3) is 0.417. The van der Waals surface area contributed by atoms with E-state index in [2.05, 4.69) is 4.74 Å². The van der Waals surface area contributed by atoms with E-state index in [0.29, 0.717) is 12.0 Å². The lowest BCUT2D eigenvalue weighted by Crippen LogP contribution is -2.24. The van der Waals surface area contributed by atoms with Crippen molar-refractivity contribution in [3.8, 4) is 5.75 Å². The molecule has 3 N–H and O–H groups in total. The molecule has 0 spiro atoms. The number of benzene rings is 1. The molecule has 0 saturated heterocycles. The minimum Gasteiger partial charge on any atom is -0.504 e. The molecule has 5 heteroatoms. The highest BCUT2D eigenvalue weighted by atomic mass is 19.1. The van der Waals surface area contributed by atoms with E-state index in [0.717, 1.165) is 12.8 Å². The molecule has 1 aliphatic carbocycles. The van der Waals surface area contributed by atoms with E-state index < -0.39 is 17.5 Å². The van der Waals surface area contributed by atoms with E-state index >= 15 is 0 Å². The summed E-state index contributed by atoms with van der Waals surface area (Å²) in [5.41, 5.74) is 6.08. The molecule has 1 aliphatic rings. The Labute approximate surface area is 98.2 Å². The minimum atomic E-state index is -0.827. The van der Waals surface area contributed by atoms with E-state index in [-0.39, 0.29) is 11.1 Å². The highest BCUT2D eigenvalue weighted by molar-refractivity contribution is 5.92. The summed E-state index contributed by atoms with van der Waals surface area (Å²) in [5, 5.41) is 9.43. The normalized spacial score (nSPS) is 16.6. The first kappa shape index (κ1) is 11.9. The number of hydrogen-bond donors (Lipinski definition) is 2. The Hall–Kier alpha value is -1.62. The van der Waals surface area contributed by atoms with Crippen molar-refractivity contribution in [1.82, 2.24) is 0 Å². The van der Waals surface area contributed by atoms with Crippen molar-refractivity contribution >= 4 is 5.97 Å². The summed E-state index contributed by atoms with van der Waals surface area (Å²) < 4.78 is 17.9. The molecule has 4 nitrogen and oxygen atoms in total. The Kier molecular flexibility index (Phi) is 2.79. The van der Waals surface area contributed by atoms with Gasteiger partial charge in [0.2, 0.25) is 0 Å². The molecular formula is C12H14FNO3. The van der Waals surface area contributed by atoms with Gasteiger partial charge >= 0.3 is 5.97 Å². The van der Waals surface area contributed by atoms with Crippen molar-refractivity contribution in [2.24, 2.45) is 5.73 Å². The van der Waals surface area contributed by atoms with Crippen molar-refractivity contribution in [1.29, 1.82) is 0 Å². The first-order chi connectivity index (χ1) is 7.95. The molecule has 2 rings (SSSR count). The lowest BCUT2D eigenvalue weighted by molar-refractivity contribution is 0.0596. The smallest absolute Gasteiger partial charge is 0.341 e. The number of ether oxygens (including phenoxy) is 1. The number of phenolic OH excluding ortho intramolecular Hbond substituents is 1. The number of carbonyl (C=O) groups excluding carboxylic acids is 1. The minimum absolute atomic E-state index is 0.160. The molecule has 17 heavy (non-hydrogen) atoms. The van der Waals surface area contributed by atoms with Crippen LogP contribution >= 0.6 is 0 Å². The van der Waals surface area contributed by atoms with Gasteiger partial charge in [-0.2, -0.15) is 0 Å². The monoisotopic (exact) mass is 239 g/mol. The van der Waals surface area contributed by atoms with Crippen molar-refractivity contribution in [3.05, 3.63) is 29.1 Å². The lowest BCUT2D eigenvalue weighted by atomic mass is 10.0. The molecule has 0 unspecified atom stereocenters. The van der Waals surface area contributed by atoms with E-state index in [4.69, 9.17) is 5.73 Å². The molecule has 0 heterocycles. The third-order valence-electron chi connectivity index (χ3n) is 2.98. The number of aromatic hydroxyl groups is 1. The van der Waals surface area contributed by atoms with E-state index in [1.165, 1.54) is 19.2 Å². The maximum absolute atomic E-state index is 13.4. The van der Waals surface area contributed by atoms with Gasteiger partial charge in [-0.1, -0.05) is 0 Å². The number of carbonyl (C=O) groups is 1. The second-order valence-corrected chi connectivity index (χ2v) is 4.50. The Balaban J connectivity index is 2.35. The molecule has 92 valence electrons. The van der Waals surface area contributed by atoms with Crippen LogP contribution < -0.4 is 5.73 Å². The van der Waals surface area contributed by atoms with Gasteiger partial charge in [-0.15, -0.1) is 0 Å². The maximum atomic E-state index is 13.4. The number of halogens is 1. The van der Waals surface area contributed by atoms with Crippen LogP contribution in [0.5, 0.6) is 5.75 Å². The van der Waals surface area contributed by atoms with Crippen LogP contribution in [0.15, 0.2) is 12.1 Å². The maximum Gasteiger partial charge on any atom is 0.341 e. The molecule has 0 amide bonds. The molecule has 1 aromatic rings. The van der Waals surface area contributed by atoms with Crippen LogP contribution in [0.3, 0.4) is 0 Å². The standard InChI is InChI=1S/C12H14FNO3/c1-17-11(16)8-4-7(5-9(13)10(8)15)6-12(14)2-3-12/h4-5,15H,2-3,6,14H2,1H3. The fourth-order valence-corrected chi connectivity index (χ4v) is 1.77. The van der Waals surface area contributed by atoms with Gasteiger partial charge in [0.15, 0.2) is 11.6 Å². The van der Waals surface area contributed by atoms with E-state index in [1.54, 1.807) is 0 Å². The number of phenols is 1. The summed E-state index contributed by atoms with van der Waals surface area (Å²) in [7, 11) is 1.18. The molecule has 0 aromatic heterocycles. The first-order valence-corrected chi connectivity index (χ1v) is 5.34. The van der Waals surface area contributed by atoms with Gasteiger partial charge in [-0.25, -0.2) is 9.18 Å². The number of rotatable bonds is 3. The molecule has 1 fully saturated rings. The predicted molar refractivity (Wildman–Crippen MR) is 59.3 cm³/mol. The van der Waals surface area contributed by atoms with Gasteiger partial charge < -0.3 is 15.6 Å². The average molecular weight is 239 g/mol. The van der Waals surface area contributed by atoms with Crippen molar-refractivity contribution in [2.45, 2.75) is 24.8 Å². The third-order valence-corrected chi connectivity index (χ3v) is 2.98. The van der Waals surface area contributed by atoms with Gasteiger partial charge in [0.25, 0.3) is 0 Å². The average Bonchev–Trinajstić information content (AvgIpc) is 3.00. The van der Waals surface area contributed by atoms with Gasteiger partial charge in [-0.3, -0.25) is 0 Å². The van der Waals surface area contributed by atoms with Crippen LogP contribution in [0.2, 0.25) is 0 Å². The number of hydrogen-bond acceptors (Lipinski definition) is 4. The van der Waals surface area contributed by atoms with Crippen LogP contribution in [0.4, 0.5) is 4.39 Å². The fourth-order valence-electron chi connectivity index (χ4n) is 1.77. The Morgan fingerprint density at radius 2 is 2.24 bits per heavy atom. The van der Waals surface area contributed by atoms with Crippen molar-refractivity contribution < 1.29 is 19.0 Å². The zero-order valence-electron chi connectivity index (χ0n) is 9.50. The van der Waals surface area contributed by atoms with Crippen LogP contribution in [0.25, 0.3) is 0 Å². The zero-order chi connectivity index (χ0) is 12.6. The molecular weight excluding hydrogens is 225 g/mol. The van der Waals surface area contributed by atoms with Crippen LogP contribution in [-0.4, -0.2) is 23.7 Å². The molecule has 0 aliphatic heterocycles. The second-order valence-electron chi connectivity index (χ2n) is 4.50. The second kappa shape index (κ2) is 4.00.